The summed E-state index contributed by atoms with van der Waals surface area (Å²) in [7, 11) is 0. The fourth-order valence-electron chi connectivity index (χ4n) is 1.18. The van der Waals surface area contributed by atoms with Gasteiger partial charge in [0.2, 0.25) is 11.8 Å². The largest absolute Gasteiger partial charge is 0.477 e. The van der Waals surface area contributed by atoms with Gasteiger partial charge in [-0.25, -0.2) is 9.78 Å². The number of nitrogens with zero attached hydrogens (tertiary/aromatic N) is 2. The summed E-state index contributed by atoms with van der Waals surface area (Å²) in [5.74, 6) is -0.768. The zero-order valence-electron chi connectivity index (χ0n) is 8.47. The number of pyridine rings is 1. The molecule has 0 bridgehead atoms. The van der Waals surface area contributed by atoms with Crippen LogP contribution in [-0.2, 0) is 0 Å². The summed E-state index contributed by atoms with van der Waals surface area (Å²) in [5.41, 5.74) is 0.825. The number of H-pyrrole nitrogens is 1. The van der Waals surface area contributed by atoms with Crippen LogP contribution in [0.1, 0.15) is 16.1 Å². The number of ether oxygens (including phenoxy) is 1. The van der Waals surface area contributed by atoms with Crippen molar-refractivity contribution in [2.45, 2.75) is 6.92 Å². The van der Waals surface area contributed by atoms with E-state index in [-0.39, 0.29) is 11.4 Å². The molecule has 6 heteroatoms. The first-order chi connectivity index (χ1) is 7.66. The normalized spacial score (nSPS) is 10.1. The summed E-state index contributed by atoms with van der Waals surface area (Å²) < 4.78 is 5.26. The number of carboxylic acids is 1. The molecule has 2 aromatic rings. The smallest absolute Gasteiger partial charge is 0.341 e. The Morgan fingerprint density at radius 1 is 1.56 bits per heavy atom. The molecule has 2 rings (SSSR count). The Morgan fingerprint density at radius 2 is 2.38 bits per heavy atom. The number of aromatic carboxylic acids is 1. The molecule has 2 aromatic heterocycles. The molecule has 82 valence electrons. The SMILES string of the molecule is Cc1cc(Oc2ncccc2C(=O)O)n[nH]1. The molecule has 0 unspecified atom stereocenters. The molecule has 0 aliphatic carbocycles. The van der Waals surface area contributed by atoms with E-state index in [0.717, 1.165) is 5.69 Å². The molecular weight excluding hydrogens is 210 g/mol. The first-order valence-corrected chi connectivity index (χ1v) is 4.55. The minimum Gasteiger partial charge on any atom is -0.477 e. The highest BCUT2D eigenvalue weighted by Crippen LogP contribution is 2.21. The van der Waals surface area contributed by atoms with E-state index in [2.05, 4.69) is 15.2 Å². The lowest BCUT2D eigenvalue weighted by atomic mass is 10.3. The summed E-state index contributed by atoms with van der Waals surface area (Å²) in [4.78, 5) is 14.7. The zero-order chi connectivity index (χ0) is 11.5. The molecule has 0 aliphatic rings. The summed E-state index contributed by atoms with van der Waals surface area (Å²) in [6, 6.07) is 4.61. The Hall–Kier alpha value is -2.37. The third-order valence-electron chi connectivity index (χ3n) is 1.89. The van der Waals surface area contributed by atoms with Gasteiger partial charge in [-0.15, -0.1) is 5.10 Å². The molecule has 0 saturated carbocycles. The maximum Gasteiger partial charge on any atom is 0.341 e. The van der Waals surface area contributed by atoms with Gasteiger partial charge >= 0.3 is 5.97 Å². The molecule has 0 aliphatic heterocycles. The van der Waals surface area contributed by atoms with Crippen LogP contribution < -0.4 is 4.74 Å². The number of hydrogen-bond acceptors (Lipinski definition) is 4. The van der Waals surface area contributed by atoms with Crippen LogP contribution in [0.4, 0.5) is 0 Å². The van der Waals surface area contributed by atoms with Crippen LogP contribution >= 0.6 is 0 Å². The second-order valence-electron chi connectivity index (χ2n) is 3.15. The van der Waals surface area contributed by atoms with Gasteiger partial charge in [0, 0.05) is 18.0 Å². The zero-order valence-corrected chi connectivity index (χ0v) is 8.47. The number of carboxylic acid groups (broad SMARTS) is 1. The number of nitrogens with one attached hydrogen (secondary N) is 1. The molecule has 0 fully saturated rings. The molecule has 16 heavy (non-hydrogen) atoms. The van der Waals surface area contributed by atoms with Crippen molar-refractivity contribution >= 4 is 5.97 Å². The first-order valence-electron chi connectivity index (χ1n) is 4.55. The highest BCUT2D eigenvalue weighted by atomic mass is 16.5. The molecular formula is C10H9N3O3. The second kappa shape index (κ2) is 4.01. The molecule has 0 saturated heterocycles. The van der Waals surface area contributed by atoms with Crippen molar-refractivity contribution < 1.29 is 14.6 Å². The number of aromatic amines is 1. The van der Waals surface area contributed by atoms with Gasteiger partial charge in [-0.1, -0.05) is 0 Å². The number of carbonyl (C=O) groups is 1. The maximum absolute atomic E-state index is 10.9. The van der Waals surface area contributed by atoms with Crippen LogP contribution in [0.5, 0.6) is 11.8 Å². The average Bonchev–Trinajstić information content (AvgIpc) is 2.64. The third-order valence-corrected chi connectivity index (χ3v) is 1.89. The second-order valence-corrected chi connectivity index (χ2v) is 3.15. The molecule has 0 radical (unpaired) electrons. The van der Waals surface area contributed by atoms with Crippen LogP contribution in [0.25, 0.3) is 0 Å². The Kier molecular flexibility index (Phi) is 2.55. The molecule has 0 atom stereocenters. The van der Waals surface area contributed by atoms with Gasteiger partial charge in [0.1, 0.15) is 5.56 Å². The van der Waals surface area contributed by atoms with Gasteiger partial charge in [-0.05, 0) is 19.1 Å². The standard InChI is InChI=1S/C10H9N3O3/c1-6-5-8(13-12-6)16-9-7(10(14)15)3-2-4-11-9/h2-5H,1H3,(H,12,13)(H,14,15). The van der Waals surface area contributed by atoms with E-state index in [1.54, 1.807) is 6.07 Å². The highest BCUT2D eigenvalue weighted by Gasteiger charge is 2.13. The van der Waals surface area contributed by atoms with Crippen molar-refractivity contribution in [1.29, 1.82) is 0 Å². The van der Waals surface area contributed by atoms with Gasteiger partial charge in [0.15, 0.2) is 0 Å². The van der Waals surface area contributed by atoms with Gasteiger partial charge in [-0.2, -0.15) is 0 Å². The number of aromatic nitrogens is 3. The molecule has 2 heterocycles. The molecule has 0 spiro atoms. The number of hydrogen-bond donors (Lipinski definition) is 2. The predicted octanol–water partition coefficient (Wildman–Crippen LogP) is 1.60. The van der Waals surface area contributed by atoms with E-state index in [9.17, 15) is 4.79 Å². The minimum atomic E-state index is -1.09. The lowest BCUT2D eigenvalue weighted by molar-refractivity contribution is 0.0693. The minimum absolute atomic E-state index is 0.00292. The fourth-order valence-corrected chi connectivity index (χ4v) is 1.18. The Morgan fingerprint density at radius 3 is 3.00 bits per heavy atom. The topological polar surface area (TPSA) is 88.1 Å². The van der Waals surface area contributed by atoms with Crippen LogP contribution in [-0.4, -0.2) is 26.3 Å². The van der Waals surface area contributed by atoms with Crippen LogP contribution in [0.3, 0.4) is 0 Å². The van der Waals surface area contributed by atoms with E-state index in [4.69, 9.17) is 9.84 Å². The van der Waals surface area contributed by atoms with Gasteiger partial charge in [0.25, 0.3) is 0 Å². The van der Waals surface area contributed by atoms with Crippen LogP contribution in [0.15, 0.2) is 24.4 Å². The lowest BCUT2D eigenvalue weighted by Crippen LogP contribution is -2.01. The summed E-state index contributed by atoms with van der Waals surface area (Å²) in [6.45, 7) is 1.82. The third kappa shape index (κ3) is 2.00. The summed E-state index contributed by atoms with van der Waals surface area (Å²) >= 11 is 0. The quantitative estimate of drug-likeness (QED) is 0.818. The predicted molar refractivity (Wildman–Crippen MR) is 54.6 cm³/mol. The Balaban J connectivity index is 2.31. The molecule has 0 aromatic carbocycles. The van der Waals surface area contributed by atoms with Crippen molar-refractivity contribution in [2.75, 3.05) is 0 Å². The monoisotopic (exact) mass is 219 g/mol. The van der Waals surface area contributed by atoms with E-state index in [1.165, 1.54) is 18.3 Å². The van der Waals surface area contributed by atoms with E-state index in [0.29, 0.717) is 5.88 Å². The van der Waals surface area contributed by atoms with Gasteiger partial charge < -0.3 is 9.84 Å². The number of rotatable bonds is 3. The van der Waals surface area contributed by atoms with Crippen LogP contribution in [0.2, 0.25) is 0 Å². The Labute approximate surface area is 90.9 Å². The van der Waals surface area contributed by atoms with Crippen molar-refractivity contribution in [2.24, 2.45) is 0 Å². The van der Waals surface area contributed by atoms with E-state index in [1.807, 2.05) is 6.92 Å². The molecule has 6 nitrogen and oxygen atoms in total. The van der Waals surface area contributed by atoms with Crippen molar-refractivity contribution in [3.63, 3.8) is 0 Å². The average molecular weight is 219 g/mol. The maximum atomic E-state index is 10.9. The highest BCUT2D eigenvalue weighted by molar-refractivity contribution is 5.90. The Bertz CT molecular complexity index is 522. The van der Waals surface area contributed by atoms with Gasteiger partial charge in [-0.3, -0.25) is 5.10 Å². The number of aryl methyl sites for hydroxylation is 1. The van der Waals surface area contributed by atoms with Crippen molar-refractivity contribution in [3.8, 4) is 11.8 Å². The van der Waals surface area contributed by atoms with E-state index >= 15 is 0 Å². The van der Waals surface area contributed by atoms with Gasteiger partial charge in [0.05, 0.1) is 0 Å². The fraction of sp³-hybridized carbons (Fsp3) is 0.100. The summed E-state index contributed by atoms with van der Waals surface area (Å²) in [6.07, 6.45) is 1.46. The van der Waals surface area contributed by atoms with Crippen molar-refractivity contribution in [1.82, 2.24) is 15.2 Å². The van der Waals surface area contributed by atoms with E-state index < -0.39 is 5.97 Å². The van der Waals surface area contributed by atoms with Crippen molar-refractivity contribution in [3.05, 3.63) is 35.7 Å². The van der Waals surface area contributed by atoms with Crippen LogP contribution in [0, 0.1) is 6.92 Å². The first kappa shape index (κ1) is 10.2. The molecule has 2 N–H and O–H groups in total. The summed E-state index contributed by atoms with van der Waals surface area (Å²) in [5, 5.41) is 15.4. The molecule has 0 amide bonds. The lowest BCUT2D eigenvalue weighted by Gasteiger charge is -2.03.